The van der Waals surface area contributed by atoms with Gasteiger partial charge >= 0.3 is 5.97 Å². The topological polar surface area (TPSA) is 66.3 Å². The van der Waals surface area contributed by atoms with Crippen molar-refractivity contribution >= 4 is 40.3 Å². The van der Waals surface area contributed by atoms with Crippen molar-refractivity contribution in [1.82, 2.24) is 10.2 Å². The molecule has 0 atom stereocenters. The van der Waals surface area contributed by atoms with Gasteiger partial charge in [-0.1, -0.05) is 47.4 Å². The zero-order valence-corrected chi connectivity index (χ0v) is 13.3. The van der Waals surface area contributed by atoms with E-state index in [0.717, 1.165) is 32.4 Å². The number of aromatic nitrogens is 2. The monoisotopic (exact) mass is 321 g/mol. The van der Waals surface area contributed by atoms with E-state index in [1.54, 1.807) is 29.2 Å². The first kappa shape index (κ1) is 15.5. The van der Waals surface area contributed by atoms with E-state index in [9.17, 15) is 4.79 Å². The maximum atomic E-state index is 10.4. The van der Waals surface area contributed by atoms with Crippen LogP contribution < -0.4 is 4.90 Å². The van der Waals surface area contributed by atoms with E-state index < -0.39 is 5.97 Å². The maximum absolute atomic E-state index is 10.4. The summed E-state index contributed by atoms with van der Waals surface area (Å²) >= 11 is 3.21. The second-order valence-corrected chi connectivity index (χ2v) is 6.63. The maximum Gasteiger partial charge on any atom is 0.328 e. The fourth-order valence-electron chi connectivity index (χ4n) is 1.48. The van der Waals surface area contributed by atoms with Crippen molar-refractivity contribution in [2.24, 2.45) is 0 Å². The molecule has 1 N–H and O–H groups in total. The molecule has 0 aliphatic carbocycles. The minimum atomic E-state index is -0.942. The fraction of sp³-hybridized carbons (Fsp3) is 0.214. The molecule has 0 saturated carbocycles. The van der Waals surface area contributed by atoms with Gasteiger partial charge in [0, 0.05) is 25.9 Å². The molecule has 0 aliphatic rings. The molecule has 0 bridgehead atoms. The zero-order valence-electron chi connectivity index (χ0n) is 11.7. The lowest BCUT2D eigenvalue weighted by atomic mass is 10.1. The van der Waals surface area contributed by atoms with Crippen molar-refractivity contribution in [1.29, 1.82) is 0 Å². The summed E-state index contributed by atoms with van der Waals surface area (Å²) in [5.74, 6) is -0.132. The number of carboxylic acid groups (broad SMARTS) is 1. The minimum absolute atomic E-state index is 0.811. The largest absolute Gasteiger partial charge is 0.478 e. The molecular formula is C14H15N3O2S2. The smallest absolute Gasteiger partial charge is 0.328 e. The van der Waals surface area contributed by atoms with Crippen LogP contribution in [-0.4, -0.2) is 35.4 Å². The molecule has 2 aromatic rings. The highest BCUT2D eigenvalue weighted by molar-refractivity contribution is 8.00. The number of carbonyl (C=O) groups is 1. The number of aliphatic carboxylic acids is 1. The van der Waals surface area contributed by atoms with Gasteiger partial charge in [-0.25, -0.2) is 4.79 Å². The molecule has 110 valence electrons. The first-order chi connectivity index (χ1) is 10.0. The van der Waals surface area contributed by atoms with E-state index in [-0.39, 0.29) is 0 Å². The van der Waals surface area contributed by atoms with Crippen LogP contribution in [0.1, 0.15) is 11.1 Å². The fourth-order valence-corrected chi connectivity index (χ4v) is 3.20. The quantitative estimate of drug-likeness (QED) is 0.652. The van der Waals surface area contributed by atoms with Gasteiger partial charge in [0.15, 0.2) is 4.34 Å². The molecule has 7 heteroatoms. The average molecular weight is 321 g/mol. The molecule has 1 aromatic carbocycles. The average Bonchev–Trinajstić information content (AvgIpc) is 2.93. The van der Waals surface area contributed by atoms with Gasteiger partial charge in [-0.15, -0.1) is 10.2 Å². The van der Waals surface area contributed by atoms with E-state index in [0.29, 0.717) is 0 Å². The van der Waals surface area contributed by atoms with Crippen molar-refractivity contribution in [3.05, 3.63) is 41.5 Å². The van der Waals surface area contributed by atoms with Gasteiger partial charge in [-0.3, -0.25) is 0 Å². The van der Waals surface area contributed by atoms with Crippen LogP contribution in [0.5, 0.6) is 0 Å². The Morgan fingerprint density at radius 2 is 2.05 bits per heavy atom. The molecule has 1 aromatic heterocycles. The number of thioether (sulfide) groups is 1. The number of hydrogen-bond acceptors (Lipinski definition) is 6. The Kier molecular flexibility index (Phi) is 5.35. The summed E-state index contributed by atoms with van der Waals surface area (Å²) in [6.45, 7) is 0. The van der Waals surface area contributed by atoms with Gasteiger partial charge in [0.1, 0.15) is 0 Å². The van der Waals surface area contributed by atoms with Crippen LogP contribution in [0, 0.1) is 0 Å². The third-order valence-corrected chi connectivity index (χ3v) is 4.83. The summed E-state index contributed by atoms with van der Waals surface area (Å²) in [6, 6.07) is 7.78. The van der Waals surface area contributed by atoms with Crippen LogP contribution in [0.25, 0.3) is 6.08 Å². The number of nitrogens with zero attached hydrogens (tertiary/aromatic N) is 3. The molecule has 1 heterocycles. The first-order valence-electron chi connectivity index (χ1n) is 6.18. The van der Waals surface area contributed by atoms with Crippen molar-refractivity contribution in [2.75, 3.05) is 19.0 Å². The molecule has 0 aliphatic heterocycles. The molecular weight excluding hydrogens is 306 g/mol. The predicted molar refractivity (Wildman–Crippen MR) is 86.9 cm³/mol. The number of hydrogen-bond donors (Lipinski definition) is 1. The Bertz CT molecular complexity index is 636. The number of carboxylic acids is 1. The Balaban J connectivity index is 1.92. The molecule has 0 amide bonds. The standard InChI is InChI=1S/C14H15N3O2S2/c1-17(2)13-15-16-14(21-13)20-9-11-5-3-10(4-6-11)7-8-12(18)19/h3-8H,9H2,1-2H3,(H,18,19). The first-order valence-corrected chi connectivity index (χ1v) is 7.98. The normalized spacial score (nSPS) is 11.0. The molecule has 2 rings (SSSR count). The molecule has 0 unspecified atom stereocenters. The minimum Gasteiger partial charge on any atom is -0.478 e. The van der Waals surface area contributed by atoms with Gasteiger partial charge in [-0.2, -0.15) is 0 Å². The summed E-state index contributed by atoms with van der Waals surface area (Å²) in [6.07, 6.45) is 2.71. The van der Waals surface area contributed by atoms with E-state index >= 15 is 0 Å². The third-order valence-electron chi connectivity index (χ3n) is 2.54. The van der Waals surface area contributed by atoms with Crippen LogP contribution in [0.3, 0.4) is 0 Å². The van der Waals surface area contributed by atoms with Crippen LogP contribution >= 0.6 is 23.1 Å². The van der Waals surface area contributed by atoms with Crippen LogP contribution in [0.2, 0.25) is 0 Å². The molecule has 21 heavy (non-hydrogen) atoms. The Labute approximate surface area is 131 Å². The van der Waals surface area contributed by atoms with E-state index in [4.69, 9.17) is 5.11 Å². The SMILES string of the molecule is CN(C)c1nnc(SCc2ccc(C=CC(=O)O)cc2)s1. The molecule has 5 nitrogen and oxygen atoms in total. The number of rotatable bonds is 6. The highest BCUT2D eigenvalue weighted by Gasteiger charge is 2.06. The lowest BCUT2D eigenvalue weighted by Crippen LogP contribution is -2.07. The second kappa shape index (κ2) is 7.24. The van der Waals surface area contributed by atoms with Gasteiger partial charge in [0.25, 0.3) is 0 Å². The van der Waals surface area contributed by atoms with Crippen molar-refractivity contribution in [2.45, 2.75) is 10.1 Å². The van der Waals surface area contributed by atoms with Gasteiger partial charge in [0.2, 0.25) is 5.13 Å². The molecule has 0 radical (unpaired) electrons. The van der Waals surface area contributed by atoms with Crippen LogP contribution in [0.15, 0.2) is 34.7 Å². The van der Waals surface area contributed by atoms with Crippen molar-refractivity contribution in [3.63, 3.8) is 0 Å². The molecule has 0 fully saturated rings. The van der Waals surface area contributed by atoms with Gasteiger partial charge in [0.05, 0.1) is 0 Å². The second-order valence-electron chi connectivity index (χ2n) is 4.45. The Morgan fingerprint density at radius 1 is 1.33 bits per heavy atom. The van der Waals surface area contributed by atoms with Gasteiger partial charge in [-0.05, 0) is 17.2 Å². The highest BCUT2D eigenvalue weighted by atomic mass is 32.2. The van der Waals surface area contributed by atoms with Crippen molar-refractivity contribution in [3.8, 4) is 0 Å². The number of benzene rings is 1. The summed E-state index contributed by atoms with van der Waals surface area (Å²) in [5.41, 5.74) is 2.03. The van der Waals surface area contributed by atoms with Crippen molar-refractivity contribution < 1.29 is 9.90 Å². The summed E-state index contributed by atoms with van der Waals surface area (Å²) in [4.78, 5) is 12.4. The molecule has 0 spiro atoms. The molecule has 0 saturated heterocycles. The Hall–Kier alpha value is -1.86. The van der Waals surface area contributed by atoms with Crippen LogP contribution in [0.4, 0.5) is 5.13 Å². The van der Waals surface area contributed by atoms with Gasteiger partial charge < -0.3 is 10.0 Å². The predicted octanol–water partition coefficient (Wildman–Crippen LogP) is 2.99. The lowest BCUT2D eigenvalue weighted by molar-refractivity contribution is -0.131. The third kappa shape index (κ3) is 4.87. The van der Waals surface area contributed by atoms with Crippen LogP contribution in [-0.2, 0) is 10.5 Å². The number of anilines is 1. The summed E-state index contributed by atoms with van der Waals surface area (Å²) in [7, 11) is 3.89. The lowest BCUT2D eigenvalue weighted by Gasteiger charge is -2.03. The summed E-state index contributed by atoms with van der Waals surface area (Å²) in [5, 5.41) is 17.7. The van der Waals surface area contributed by atoms with E-state index in [2.05, 4.69) is 10.2 Å². The zero-order chi connectivity index (χ0) is 15.2. The van der Waals surface area contributed by atoms with E-state index in [1.165, 1.54) is 0 Å². The summed E-state index contributed by atoms with van der Waals surface area (Å²) < 4.78 is 0.938. The highest BCUT2D eigenvalue weighted by Crippen LogP contribution is 2.29. The Morgan fingerprint density at radius 3 is 2.62 bits per heavy atom. The van der Waals surface area contributed by atoms with E-state index in [1.807, 2.05) is 43.3 Å².